The Morgan fingerprint density at radius 2 is 2.10 bits per heavy atom. The highest BCUT2D eigenvalue weighted by atomic mass is 32.2. The summed E-state index contributed by atoms with van der Waals surface area (Å²) in [5, 5.41) is 4.30. The van der Waals surface area contributed by atoms with Gasteiger partial charge in [0, 0.05) is 11.8 Å². The standard InChI is InChI=1S/C16H22N2O2S/c1-4-9-17-15(11-21-16-18-12(2)10-20-16)13-5-7-14(19-3)8-6-13/h5-8,10,15,17H,4,9,11H2,1-3H3. The SMILES string of the molecule is CCCNC(CSc1nc(C)co1)c1ccc(OC)cc1. The molecule has 0 radical (unpaired) electrons. The van der Waals surface area contributed by atoms with E-state index in [1.165, 1.54) is 5.56 Å². The fourth-order valence-electron chi connectivity index (χ4n) is 1.98. The molecule has 0 spiro atoms. The molecular formula is C16H22N2O2S. The van der Waals surface area contributed by atoms with Gasteiger partial charge < -0.3 is 14.5 Å². The zero-order chi connectivity index (χ0) is 15.1. The van der Waals surface area contributed by atoms with Gasteiger partial charge in [-0.25, -0.2) is 4.98 Å². The van der Waals surface area contributed by atoms with Crippen LogP contribution in [0.2, 0.25) is 0 Å². The molecule has 0 aliphatic heterocycles. The van der Waals surface area contributed by atoms with E-state index in [0.717, 1.165) is 35.4 Å². The van der Waals surface area contributed by atoms with Crippen LogP contribution >= 0.6 is 11.8 Å². The van der Waals surface area contributed by atoms with Gasteiger partial charge in [-0.3, -0.25) is 0 Å². The van der Waals surface area contributed by atoms with E-state index in [4.69, 9.17) is 9.15 Å². The van der Waals surface area contributed by atoms with E-state index in [2.05, 4.69) is 29.4 Å². The van der Waals surface area contributed by atoms with E-state index in [9.17, 15) is 0 Å². The van der Waals surface area contributed by atoms with Crippen molar-refractivity contribution >= 4 is 11.8 Å². The first-order valence-electron chi connectivity index (χ1n) is 7.15. The second kappa shape index (κ2) is 8.10. The minimum absolute atomic E-state index is 0.271. The molecule has 1 unspecified atom stereocenters. The first-order valence-corrected chi connectivity index (χ1v) is 8.13. The Hall–Kier alpha value is -1.46. The Kier molecular flexibility index (Phi) is 6.14. The number of methoxy groups -OCH3 is 1. The number of nitrogens with one attached hydrogen (secondary N) is 1. The topological polar surface area (TPSA) is 47.3 Å². The molecule has 1 aromatic heterocycles. The minimum atomic E-state index is 0.271. The summed E-state index contributed by atoms with van der Waals surface area (Å²) in [4.78, 5) is 4.33. The van der Waals surface area contributed by atoms with Gasteiger partial charge in [0.2, 0.25) is 0 Å². The molecule has 114 valence electrons. The first kappa shape index (κ1) is 15.9. The van der Waals surface area contributed by atoms with Crippen LogP contribution in [0.5, 0.6) is 5.75 Å². The van der Waals surface area contributed by atoms with Gasteiger partial charge in [-0.15, -0.1) is 0 Å². The number of hydrogen-bond acceptors (Lipinski definition) is 5. The first-order chi connectivity index (χ1) is 10.2. The largest absolute Gasteiger partial charge is 0.497 e. The van der Waals surface area contributed by atoms with Crippen molar-refractivity contribution in [2.75, 3.05) is 19.4 Å². The van der Waals surface area contributed by atoms with E-state index in [0.29, 0.717) is 0 Å². The van der Waals surface area contributed by atoms with Crippen LogP contribution in [0, 0.1) is 6.92 Å². The molecule has 2 aromatic rings. The Morgan fingerprint density at radius 3 is 2.67 bits per heavy atom. The molecule has 0 aliphatic rings. The molecule has 0 bridgehead atoms. The second-order valence-electron chi connectivity index (χ2n) is 4.85. The summed E-state index contributed by atoms with van der Waals surface area (Å²) >= 11 is 1.63. The van der Waals surface area contributed by atoms with Crippen LogP contribution in [0.25, 0.3) is 0 Å². The van der Waals surface area contributed by atoms with Crippen LogP contribution < -0.4 is 10.1 Å². The predicted molar refractivity (Wildman–Crippen MR) is 86.0 cm³/mol. The molecule has 1 aromatic carbocycles. The summed E-state index contributed by atoms with van der Waals surface area (Å²) in [6.07, 6.45) is 2.79. The van der Waals surface area contributed by atoms with E-state index >= 15 is 0 Å². The Balaban J connectivity index is 2.01. The summed E-state index contributed by atoms with van der Waals surface area (Å²) in [5.74, 6) is 1.76. The molecule has 0 saturated carbocycles. The summed E-state index contributed by atoms with van der Waals surface area (Å²) in [6, 6.07) is 8.47. The van der Waals surface area contributed by atoms with Crippen LogP contribution in [0.4, 0.5) is 0 Å². The van der Waals surface area contributed by atoms with Crippen molar-refractivity contribution in [3.05, 3.63) is 41.8 Å². The molecule has 0 saturated heterocycles. The van der Waals surface area contributed by atoms with E-state index in [-0.39, 0.29) is 6.04 Å². The number of nitrogens with zero attached hydrogens (tertiary/aromatic N) is 1. The fourth-order valence-corrected chi connectivity index (χ4v) is 2.93. The van der Waals surface area contributed by atoms with Crippen LogP contribution in [0.15, 0.2) is 40.2 Å². The van der Waals surface area contributed by atoms with Crippen LogP contribution in [-0.4, -0.2) is 24.4 Å². The number of aromatic nitrogens is 1. The Labute approximate surface area is 130 Å². The zero-order valence-electron chi connectivity index (χ0n) is 12.8. The quantitative estimate of drug-likeness (QED) is 0.751. The average Bonchev–Trinajstić information content (AvgIpc) is 2.93. The third-order valence-electron chi connectivity index (χ3n) is 3.13. The number of benzene rings is 1. The predicted octanol–water partition coefficient (Wildman–Crippen LogP) is 3.82. The van der Waals surface area contributed by atoms with Gasteiger partial charge in [-0.05, 0) is 37.6 Å². The molecule has 0 aliphatic carbocycles. The van der Waals surface area contributed by atoms with Crippen LogP contribution in [0.1, 0.15) is 30.6 Å². The van der Waals surface area contributed by atoms with E-state index in [1.807, 2.05) is 19.1 Å². The third kappa shape index (κ3) is 4.79. The van der Waals surface area contributed by atoms with Crippen LogP contribution in [-0.2, 0) is 0 Å². The monoisotopic (exact) mass is 306 g/mol. The Morgan fingerprint density at radius 1 is 1.33 bits per heavy atom. The van der Waals surface area contributed by atoms with Gasteiger partial charge in [0.15, 0.2) is 0 Å². The summed E-state index contributed by atoms with van der Waals surface area (Å²) in [6.45, 7) is 5.09. The van der Waals surface area contributed by atoms with Gasteiger partial charge in [-0.1, -0.05) is 30.8 Å². The van der Waals surface area contributed by atoms with Crippen molar-refractivity contribution in [1.29, 1.82) is 0 Å². The molecule has 4 nitrogen and oxygen atoms in total. The van der Waals surface area contributed by atoms with Gasteiger partial charge in [-0.2, -0.15) is 0 Å². The average molecular weight is 306 g/mol. The van der Waals surface area contributed by atoms with Crippen molar-refractivity contribution in [2.24, 2.45) is 0 Å². The molecule has 1 N–H and O–H groups in total. The number of ether oxygens (including phenoxy) is 1. The van der Waals surface area contributed by atoms with Crippen molar-refractivity contribution in [3.8, 4) is 5.75 Å². The lowest BCUT2D eigenvalue weighted by Crippen LogP contribution is -2.24. The van der Waals surface area contributed by atoms with Gasteiger partial charge >= 0.3 is 0 Å². The van der Waals surface area contributed by atoms with Crippen molar-refractivity contribution in [3.63, 3.8) is 0 Å². The number of aryl methyl sites for hydroxylation is 1. The van der Waals surface area contributed by atoms with Crippen LogP contribution in [0.3, 0.4) is 0 Å². The number of hydrogen-bond donors (Lipinski definition) is 1. The number of rotatable bonds is 8. The summed E-state index contributed by atoms with van der Waals surface area (Å²) < 4.78 is 10.6. The lowest BCUT2D eigenvalue weighted by molar-refractivity contribution is 0.414. The van der Waals surface area contributed by atoms with Crippen molar-refractivity contribution < 1.29 is 9.15 Å². The number of thioether (sulfide) groups is 1. The minimum Gasteiger partial charge on any atom is -0.497 e. The second-order valence-corrected chi connectivity index (χ2v) is 5.82. The summed E-state index contributed by atoms with van der Waals surface area (Å²) in [7, 11) is 1.68. The van der Waals surface area contributed by atoms with Gasteiger partial charge in [0.05, 0.1) is 12.8 Å². The highest BCUT2D eigenvalue weighted by Crippen LogP contribution is 2.25. The molecule has 0 fully saturated rings. The van der Waals surface area contributed by atoms with Gasteiger partial charge in [0.25, 0.3) is 5.22 Å². The van der Waals surface area contributed by atoms with Gasteiger partial charge in [0.1, 0.15) is 12.0 Å². The number of oxazole rings is 1. The van der Waals surface area contributed by atoms with E-state index < -0.39 is 0 Å². The maximum absolute atomic E-state index is 5.40. The molecule has 0 amide bonds. The highest BCUT2D eigenvalue weighted by molar-refractivity contribution is 7.99. The van der Waals surface area contributed by atoms with Crippen molar-refractivity contribution in [2.45, 2.75) is 31.5 Å². The summed E-state index contributed by atoms with van der Waals surface area (Å²) in [5.41, 5.74) is 2.17. The molecule has 5 heteroatoms. The third-order valence-corrected chi connectivity index (χ3v) is 4.06. The Bertz CT molecular complexity index is 539. The molecule has 1 heterocycles. The normalized spacial score (nSPS) is 12.3. The molecule has 2 rings (SSSR count). The maximum Gasteiger partial charge on any atom is 0.255 e. The smallest absolute Gasteiger partial charge is 0.255 e. The van der Waals surface area contributed by atoms with E-state index in [1.54, 1.807) is 25.1 Å². The molecular weight excluding hydrogens is 284 g/mol. The molecule has 1 atom stereocenters. The lowest BCUT2D eigenvalue weighted by atomic mass is 10.1. The lowest BCUT2D eigenvalue weighted by Gasteiger charge is -2.18. The maximum atomic E-state index is 5.40. The zero-order valence-corrected chi connectivity index (χ0v) is 13.6. The van der Waals surface area contributed by atoms with Crippen molar-refractivity contribution in [1.82, 2.24) is 10.3 Å². The molecule has 21 heavy (non-hydrogen) atoms. The fraction of sp³-hybridized carbons (Fsp3) is 0.438. The highest BCUT2D eigenvalue weighted by Gasteiger charge is 2.13.